The molecule has 1 atom stereocenters. The standard InChI is InChI=1S/C13H19F2N3O/c1-10(18-8-5-16-11(18)2)9-12(19)17-6-3-13(14,15)4-7-17/h5,8,10H,3-4,6-7,9H2,1-2H3/t10-/m0/s1. The van der Waals surface area contributed by atoms with E-state index in [2.05, 4.69) is 4.98 Å². The van der Waals surface area contributed by atoms with Crippen LogP contribution in [0.4, 0.5) is 8.78 Å². The first kappa shape index (κ1) is 14.0. The summed E-state index contributed by atoms with van der Waals surface area (Å²) in [6, 6.07) is -0.00237. The van der Waals surface area contributed by atoms with Gasteiger partial charge in [0.05, 0.1) is 0 Å². The van der Waals surface area contributed by atoms with Crippen molar-refractivity contribution in [3.8, 4) is 0 Å². The van der Waals surface area contributed by atoms with E-state index in [0.29, 0.717) is 6.42 Å². The number of halogens is 2. The fraction of sp³-hybridized carbons (Fsp3) is 0.692. The summed E-state index contributed by atoms with van der Waals surface area (Å²) < 4.78 is 28.0. The zero-order valence-electron chi connectivity index (χ0n) is 11.3. The molecule has 1 aromatic rings. The summed E-state index contributed by atoms with van der Waals surface area (Å²) in [5.74, 6) is -1.81. The SMILES string of the molecule is Cc1nccn1[C@@H](C)CC(=O)N1CCC(F)(F)CC1. The predicted octanol–water partition coefficient (Wildman–Crippen LogP) is 2.40. The van der Waals surface area contributed by atoms with Crippen LogP contribution in [0.15, 0.2) is 12.4 Å². The lowest BCUT2D eigenvalue weighted by atomic mass is 10.1. The number of aryl methyl sites for hydroxylation is 1. The van der Waals surface area contributed by atoms with Crippen LogP contribution < -0.4 is 0 Å². The molecule has 0 spiro atoms. The lowest BCUT2D eigenvalue weighted by Crippen LogP contribution is -2.43. The Morgan fingerprint density at radius 3 is 2.63 bits per heavy atom. The highest BCUT2D eigenvalue weighted by molar-refractivity contribution is 5.76. The smallest absolute Gasteiger partial charge is 0.251 e. The molecule has 0 bridgehead atoms. The van der Waals surface area contributed by atoms with Crippen molar-refractivity contribution in [1.82, 2.24) is 14.5 Å². The first-order valence-corrected chi connectivity index (χ1v) is 6.54. The third-order valence-corrected chi connectivity index (χ3v) is 3.65. The molecule has 4 nitrogen and oxygen atoms in total. The fourth-order valence-electron chi connectivity index (χ4n) is 2.42. The molecule has 0 unspecified atom stereocenters. The highest BCUT2D eigenvalue weighted by atomic mass is 19.3. The molecule has 1 aliphatic rings. The molecule has 0 N–H and O–H groups in total. The number of carbonyl (C=O) groups excluding carboxylic acids is 1. The van der Waals surface area contributed by atoms with Gasteiger partial charge in [-0.2, -0.15) is 0 Å². The molecule has 1 amide bonds. The van der Waals surface area contributed by atoms with Gasteiger partial charge in [-0.15, -0.1) is 0 Å². The van der Waals surface area contributed by atoms with Gasteiger partial charge in [-0.1, -0.05) is 0 Å². The van der Waals surface area contributed by atoms with Gasteiger partial charge >= 0.3 is 0 Å². The molecule has 19 heavy (non-hydrogen) atoms. The van der Waals surface area contributed by atoms with Crippen molar-refractivity contribution < 1.29 is 13.6 Å². The molecule has 2 rings (SSSR count). The third kappa shape index (κ3) is 3.30. The number of nitrogens with zero attached hydrogens (tertiary/aromatic N) is 3. The summed E-state index contributed by atoms with van der Waals surface area (Å²) in [6.07, 6.45) is 3.40. The number of piperidine rings is 1. The molecule has 0 saturated carbocycles. The number of amides is 1. The zero-order valence-corrected chi connectivity index (χ0v) is 11.3. The quantitative estimate of drug-likeness (QED) is 0.846. The Morgan fingerprint density at radius 1 is 1.47 bits per heavy atom. The van der Waals surface area contributed by atoms with Crippen molar-refractivity contribution in [1.29, 1.82) is 0 Å². The summed E-state index contributed by atoms with van der Waals surface area (Å²) in [6.45, 7) is 4.12. The fourth-order valence-corrected chi connectivity index (χ4v) is 2.42. The van der Waals surface area contributed by atoms with E-state index in [0.717, 1.165) is 5.82 Å². The van der Waals surface area contributed by atoms with Crippen LogP contribution in [0.5, 0.6) is 0 Å². The number of rotatable bonds is 3. The van der Waals surface area contributed by atoms with Gasteiger partial charge in [-0.05, 0) is 13.8 Å². The van der Waals surface area contributed by atoms with E-state index in [9.17, 15) is 13.6 Å². The Hall–Kier alpha value is -1.46. The number of carbonyl (C=O) groups is 1. The third-order valence-electron chi connectivity index (χ3n) is 3.65. The summed E-state index contributed by atoms with van der Waals surface area (Å²) in [4.78, 5) is 17.7. The van der Waals surface area contributed by atoms with Gasteiger partial charge < -0.3 is 9.47 Å². The van der Waals surface area contributed by atoms with Crippen LogP contribution in [-0.2, 0) is 4.79 Å². The number of hydrogen-bond donors (Lipinski definition) is 0. The van der Waals surface area contributed by atoms with E-state index >= 15 is 0 Å². The summed E-state index contributed by atoms with van der Waals surface area (Å²) in [5.41, 5.74) is 0. The van der Waals surface area contributed by atoms with Crippen molar-refractivity contribution in [2.75, 3.05) is 13.1 Å². The molecule has 2 heterocycles. The number of likely N-dealkylation sites (tertiary alicyclic amines) is 1. The second-order valence-corrected chi connectivity index (χ2v) is 5.17. The monoisotopic (exact) mass is 271 g/mol. The minimum atomic E-state index is -2.61. The highest BCUT2D eigenvalue weighted by Crippen LogP contribution is 2.28. The van der Waals surface area contributed by atoms with Gasteiger partial charge in [0, 0.05) is 50.8 Å². The van der Waals surface area contributed by atoms with Crippen molar-refractivity contribution in [2.45, 2.75) is 45.1 Å². The molecular formula is C13H19F2N3O. The second-order valence-electron chi connectivity index (χ2n) is 5.17. The van der Waals surface area contributed by atoms with Crippen LogP contribution >= 0.6 is 0 Å². The Kier molecular flexibility index (Phi) is 3.87. The molecule has 1 saturated heterocycles. The number of hydrogen-bond acceptors (Lipinski definition) is 2. The molecule has 1 aliphatic heterocycles. The maximum Gasteiger partial charge on any atom is 0.251 e. The molecule has 6 heteroatoms. The topological polar surface area (TPSA) is 38.1 Å². The second kappa shape index (κ2) is 5.27. The van der Waals surface area contributed by atoms with Crippen molar-refractivity contribution in [2.24, 2.45) is 0 Å². The van der Waals surface area contributed by atoms with Gasteiger partial charge in [0.1, 0.15) is 5.82 Å². The minimum absolute atomic E-state index is 0.00237. The zero-order chi connectivity index (χ0) is 14.0. The Balaban J connectivity index is 1.90. The Morgan fingerprint density at radius 2 is 2.11 bits per heavy atom. The number of alkyl halides is 2. The van der Waals surface area contributed by atoms with E-state index in [1.54, 1.807) is 11.1 Å². The van der Waals surface area contributed by atoms with Gasteiger partial charge in [0.2, 0.25) is 5.91 Å². The van der Waals surface area contributed by atoms with Crippen LogP contribution in [-0.4, -0.2) is 39.4 Å². The van der Waals surface area contributed by atoms with E-state index in [1.807, 2.05) is 24.6 Å². The Bertz CT molecular complexity index is 448. The summed E-state index contributed by atoms with van der Waals surface area (Å²) in [7, 11) is 0. The lowest BCUT2D eigenvalue weighted by Gasteiger charge is -2.32. The van der Waals surface area contributed by atoms with Crippen LogP contribution in [0.3, 0.4) is 0 Å². The lowest BCUT2D eigenvalue weighted by molar-refractivity contribution is -0.137. The van der Waals surface area contributed by atoms with Crippen molar-refractivity contribution in [3.05, 3.63) is 18.2 Å². The highest BCUT2D eigenvalue weighted by Gasteiger charge is 2.35. The molecular weight excluding hydrogens is 252 g/mol. The van der Waals surface area contributed by atoms with Gasteiger partial charge in [-0.25, -0.2) is 13.8 Å². The van der Waals surface area contributed by atoms with E-state index < -0.39 is 5.92 Å². The molecule has 0 aliphatic carbocycles. The average molecular weight is 271 g/mol. The van der Waals surface area contributed by atoms with Gasteiger partial charge in [-0.3, -0.25) is 4.79 Å². The van der Waals surface area contributed by atoms with Crippen LogP contribution in [0.25, 0.3) is 0 Å². The van der Waals surface area contributed by atoms with Crippen molar-refractivity contribution >= 4 is 5.91 Å². The van der Waals surface area contributed by atoms with E-state index in [4.69, 9.17) is 0 Å². The van der Waals surface area contributed by atoms with Gasteiger partial charge in [0.15, 0.2) is 0 Å². The predicted molar refractivity (Wildman–Crippen MR) is 67.1 cm³/mol. The number of aromatic nitrogens is 2. The van der Waals surface area contributed by atoms with Crippen LogP contribution in [0, 0.1) is 6.92 Å². The first-order valence-electron chi connectivity index (χ1n) is 6.54. The molecule has 1 fully saturated rings. The maximum absolute atomic E-state index is 13.0. The first-order chi connectivity index (χ1) is 8.89. The largest absolute Gasteiger partial charge is 0.342 e. The molecule has 106 valence electrons. The molecule has 0 aromatic carbocycles. The van der Waals surface area contributed by atoms with E-state index in [-0.39, 0.29) is 37.9 Å². The molecule has 0 radical (unpaired) electrons. The Labute approximate surface area is 111 Å². The number of imidazole rings is 1. The average Bonchev–Trinajstić information content (AvgIpc) is 2.75. The maximum atomic E-state index is 13.0. The summed E-state index contributed by atoms with van der Waals surface area (Å²) in [5, 5.41) is 0. The van der Waals surface area contributed by atoms with E-state index in [1.165, 1.54) is 0 Å². The van der Waals surface area contributed by atoms with Crippen LogP contribution in [0.2, 0.25) is 0 Å². The van der Waals surface area contributed by atoms with Crippen molar-refractivity contribution in [3.63, 3.8) is 0 Å². The normalized spacial score (nSPS) is 20.3. The minimum Gasteiger partial charge on any atom is -0.342 e. The summed E-state index contributed by atoms with van der Waals surface area (Å²) >= 11 is 0. The molecule has 1 aromatic heterocycles. The van der Waals surface area contributed by atoms with Crippen LogP contribution in [0.1, 0.15) is 38.1 Å². The van der Waals surface area contributed by atoms with Gasteiger partial charge in [0.25, 0.3) is 5.92 Å².